The molecule has 12 heteroatoms. The van der Waals surface area contributed by atoms with Crippen molar-refractivity contribution in [1.82, 2.24) is 0 Å². The Morgan fingerprint density at radius 2 is 0.806 bits per heavy atom. The highest BCUT2D eigenvalue weighted by atomic mass is 16.4. The van der Waals surface area contributed by atoms with Gasteiger partial charge in [-0.05, 0) is 45.2 Å². The van der Waals surface area contributed by atoms with Crippen LogP contribution in [0.5, 0.6) is 0 Å². The van der Waals surface area contributed by atoms with E-state index in [4.69, 9.17) is 29.7 Å². The first-order valence-corrected chi connectivity index (χ1v) is 9.74. The van der Waals surface area contributed by atoms with Crippen LogP contribution in [0.4, 0.5) is 0 Å². The average molecular weight is 506 g/mol. The summed E-state index contributed by atoms with van der Waals surface area (Å²) in [7, 11) is 0. The molecule has 0 N–H and O–H groups in total. The van der Waals surface area contributed by atoms with Gasteiger partial charge in [-0.1, -0.05) is 67.1 Å². The Bertz CT molecular complexity index is 879. The first kappa shape index (κ1) is 38.5. The summed E-state index contributed by atoms with van der Waals surface area (Å²) in [5.74, 6) is -6.50. The second-order valence-electron chi connectivity index (χ2n) is 6.01. The van der Waals surface area contributed by atoms with Gasteiger partial charge in [0.25, 0.3) is 0 Å². The van der Waals surface area contributed by atoms with Crippen LogP contribution < -0.4 is 30.6 Å². The zero-order valence-electron chi connectivity index (χ0n) is 20.3. The van der Waals surface area contributed by atoms with E-state index >= 15 is 0 Å². The third kappa shape index (κ3) is 43.2. The second kappa shape index (κ2) is 24.9. The third-order valence-electron chi connectivity index (χ3n) is 2.59. The van der Waals surface area contributed by atoms with Crippen molar-refractivity contribution in [3.05, 3.63) is 71.3 Å². The molecule has 0 aromatic heterocycles. The van der Waals surface area contributed by atoms with Crippen molar-refractivity contribution in [3.8, 4) is 0 Å². The molecule has 0 aliphatic rings. The number of hydrogen-bond acceptors (Lipinski definition) is 12. The normalized spacial score (nSPS) is 7.92. The molecule has 200 valence electrons. The van der Waals surface area contributed by atoms with E-state index in [1.54, 1.807) is 30.3 Å². The Balaban J connectivity index is -0.000000181. The Labute approximate surface area is 208 Å². The predicted octanol–water partition coefficient (Wildman–Crippen LogP) is -4.18. The predicted molar refractivity (Wildman–Crippen MR) is 114 cm³/mol. The molecule has 36 heavy (non-hydrogen) atoms. The van der Waals surface area contributed by atoms with Gasteiger partial charge in [0.05, 0.1) is 11.9 Å². The summed E-state index contributed by atoms with van der Waals surface area (Å²) >= 11 is 0. The van der Waals surface area contributed by atoms with E-state index in [1.165, 1.54) is 31.2 Å². The summed E-state index contributed by atoms with van der Waals surface area (Å²) in [5, 5.41) is 56.2. The van der Waals surface area contributed by atoms with E-state index < -0.39 is 35.8 Å². The maximum Gasteiger partial charge on any atom is 0.0715 e. The summed E-state index contributed by atoms with van der Waals surface area (Å²) in [6.07, 6.45) is 0.111. The van der Waals surface area contributed by atoms with Crippen molar-refractivity contribution in [1.29, 1.82) is 0 Å². The molecule has 0 fully saturated rings. The Morgan fingerprint density at radius 1 is 0.556 bits per heavy atom. The van der Waals surface area contributed by atoms with Gasteiger partial charge in [0.15, 0.2) is 0 Å². The van der Waals surface area contributed by atoms with Crippen LogP contribution >= 0.6 is 0 Å². The number of carbonyl (C=O) groups is 6. The van der Waals surface area contributed by atoms with Crippen LogP contribution in [0.1, 0.15) is 60.4 Å². The fraction of sp³-hybridized carbons (Fsp3) is 0.250. The molecule has 0 saturated heterocycles. The van der Waals surface area contributed by atoms with Gasteiger partial charge in [0.1, 0.15) is 0 Å². The minimum absolute atomic E-state index is 0.111. The molecule has 0 heterocycles. The molecular weight excluding hydrogens is 480 g/mol. The van der Waals surface area contributed by atoms with Crippen LogP contribution in [-0.4, -0.2) is 35.8 Å². The molecule has 2 rings (SSSR count). The van der Waals surface area contributed by atoms with Crippen molar-refractivity contribution in [2.24, 2.45) is 0 Å². The van der Waals surface area contributed by atoms with Gasteiger partial charge in [0, 0.05) is 23.9 Å². The molecule has 0 bridgehead atoms. The van der Waals surface area contributed by atoms with Crippen molar-refractivity contribution < 1.29 is 59.4 Å². The molecular formula is C24H26O12-6. The smallest absolute Gasteiger partial charge is 0.0715 e. The van der Waals surface area contributed by atoms with E-state index in [0.29, 0.717) is 0 Å². The highest BCUT2D eigenvalue weighted by molar-refractivity contribution is 5.86. The highest BCUT2D eigenvalue weighted by Crippen LogP contribution is 2.00. The van der Waals surface area contributed by atoms with Crippen LogP contribution in [0.3, 0.4) is 0 Å². The summed E-state index contributed by atoms with van der Waals surface area (Å²) < 4.78 is 0. The molecule has 0 saturated carbocycles. The van der Waals surface area contributed by atoms with E-state index in [2.05, 4.69) is 0 Å². The van der Waals surface area contributed by atoms with Crippen LogP contribution in [-0.2, 0) is 19.2 Å². The van der Waals surface area contributed by atoms with E-state index in [0.717, 1.165) is 26.3 Å². The molecule has 2 aromatic rings. The number of aliphatic carboxylic acids is 4. The number of carboxylic acids is 6. The quantitative estimate of drug-likeness (QED) is 0.385. The lowest BCUT2D eigenvalue weighted by molar-refractivity contribution is -0.306. The van der Waals surface area contributed by atoms with Crippen LogP contribution in [0.25, 0.3) is 0 Å². The molecule has 2 aromatic carbocycles. The molecule has 0 amide bonds. The molecule has 0 radical (unpaired) electrons. The number of aromatic carboxylic acids is 2. The number of aryl methyl sites for hydroxylation is 1. The highest BCUT2D eigenvalue weighted by Gasteiger charge is 1.89. The number of carbonyl (C=O) groups excluding carboxylic acids is 6. The molecule has 0 unspecified atom stereocenters. The van der Waals surface area contributed by atoms with Gasteiger partial charge < -0.3 is 59.4 Å². The van der Waals surface area contributed by atoms with Gasteiger partial charge in [-0.25, -0.2) is 0 Å². The maximum absolute atomic E-state index is 10.2. The summed E-state index contributed by atoms with van der Waals surface area (Å²) in [6, 6.07) is 14.6. The minimum atomic E-state index is -1.13. The number of hydrogen-bond donors (Lipinski definition) is 0. The molecule has 0 atom stereocenters. The first-order valence-electron chi connectivity index (χ1n) is 9.74. The monoisotopic (exact) mass is 506 g/mol. The standard InChI is InChI=1S/C8H8O2.C7H6O2.C3H6O2.3C2H4O2/c1-6-2-4-7(5-3-6)8(9)10;8-7(9)6-4-2-1-3-5-6;1-2-3(4)5;3*1-2(3)4/h2-5H,1H3,(H,9,10);1-5H,(H,8,9);2H2,1H3,(H,4,5);3*1H3,(H,3,4)/p-6. The van der Waals surface area contributed by atoms with Gasteiger partial charge in [-0.2, -0.15) is 0 Å². The maximum atomic E-state index is 10.2. The van der Waals surface area contributed by atoms with E-state index in [1.807, 2.05) is 6.92 Å². The topological polar surface area (TPSA) is 241 Å². The summed E-state index contributed by atoms with van der Waals surface area (Å²) in [6.45, 7) is 6.36. The number of carboxylic acid groups (broad SMARTS) is 6. The average Bonchev–Trinajstić information content (AvgIpc) is 2.74. The Morgan fingerprint density at radius 3 is 1.00 bits per heavy atom. The number of rotatable bonds is 3. The SMILES string of the molecule is CC(=O)[O-].CC(=O)[O-].CC(=O)[O-].CCC(=O)[O-].Cc1ccc(C(=O)[O-])cc1.O=C([O-])c1ccccc1. The van der Waals surface area contributed by atoms with Crippen molar-refractivity contribution >= 4 is 35.8 Å². The number of benzene rings is 2. The lowest BCUT2D eigenvalue weighted by Gasteiger charge is -2.00. The molecule has 0 aliphatic carbocycles. The lowest BCUT2D eigenvalue weighted by Crippen LogP contribution is -2.21. The minimum Gasteiger partial charge on any atom is -0.550 e. The Hall–Kier alpha value is -4.74. The lowest BCUT2D eigenvalue weighted by atomic mass is 10.2. The summed E-state index contributed by atoms with van der Waals surface area (Å²) in [5.41, 5.74) is 1.49. The van der Waals surface area contributed by atoms with Crippen LogP contribution in [0, 0.1) is 6.92 Å². The van der Waals surface area contributed by atoms with Crippen molar-refractivity contribution in [2.75, 3.05) is 0 Å². The molecule has 0 spiro atoms. The summed E-state index contributed by atoms with van der Waals surface area (Å²) in [4.78, 5) is 56.2. The largest absolute Gasteiger partial charge is 0.550 e. The molecule has 0 aliphatic heterocycles. The van der Waals surface area contributed by atoms with Crippen molar-refractivity contribution in [3.63, 3.8) is 0 Å². The first-order chi connectivity index (χ1) is 16.5. The van der Waals surface area contributed by atoms with Crippen LogP contribution in [0.2, 0.25) is 0 Å². The van der Waals surface area contributed by atoms with Gasteiger partial charge in [-0.3, -0.25) is 0 Å². The fourth-order valence-corrected chi connectivity index (χ4v) is 1.26. The van der Waals surface area contributed by atoms with Gasteiger partial charge in [0.2, 0.25) is 0 Å². The van der Waals surface area contributed by atoms with E-state index in [-0.39, 0.29) is 17.5 Å². The van der Waals surface area contributed by atoms with Gasteiger partial charge in [-0.15, -0.1) is 0 Å². The van der Waals surface area contributed by atoms with Crippen molar-refractivity contribution in [2.45, 2.75) is 41.0 Å². The third-order valence-corrected chi connectivity index (χ3v) is 2.59. The van der Waals surface area contributed by atoms with Crippen LogP contribution in [0.15, 0.2) is 54.6 Å². The fourth-order valence-electron chi connectivity index (χ4n) is 1.26. The zero-order chi connectivity index (χ0) is 29.3. The Kier molecular flexibility index (Phi) is 26.6. The molecule has 12 nitrogen and oxygen atoms in total. The van der Waals surface area contributed by atoms with E-state index in [9.17, 15) is 29.7 Å². The zero-order valence-corrected chi connectivity index (χ0v) is 20.3. The second-order valence-corrected chi connectivity index (χ2v) is 6.01. The van der Waals surface area contributed by atoms with Gasteiger partial charge >= 0.3 is 0 Å².